The third-order valence-corrected chi connectivity index (χ3v) is 5.86. The van der Waals surface area contributed by atoms with Gasteiger partial charge < -0.3 is 28.8 Å². The summed E-state index contributed by atoms with van der Waals surface area (Å²) in [6, 6.07) is 15.7. The van der Waals surface area contributed by atoms with Gasteiger partial charge in [-0.1, -0.05) is 42.5 Å². The molecule has 1 heterocycles. The van der Waals surface area contributed by atoms with E-state index in [4.69, 9.17) is 18.9 Å². The lowest BCUT2D eigenvalue weighted by atomic mass is 10.1. The highest BCUT2D eigenvalue weighted by Crippen LogP contribution is 2.17. The van der Waals surface area contributed by atoms with Crippen molar-refractivity contribution in [2.24, 2.45) is 0 Å². The van der Waals surface area contributed by atoms with Crippen LogP contribution in [-0.4, -0.2) is 58.2 Å². The first kappa shape index (κ1) is 31.1. The van der Waals surface area contributed by atoms with E-state index >= 15 is 0 Å². The highest BCUT2D eigenvalue weighted by atomic mass is 16.6. The van der Waals surface area contributed by atoms with Crippen molar-refractivity contribution >= 4 is 18.0 Å². The van der Waals surface area contributed by atoms with Crippen LogP contribution >= 0.6 is 0 Å². The van der Waals surface area contributed by atoms with Crippen molar-refractivity contribution in [1.29, 1.82) is 0 Å². The van der Waals surface area contributed by atoms with E-state index in [0.29, 0.717) is 18.2 Å². The van der Waals surface area contributed by atoms with E-state index in [-0.39, 0.29) is 32.5 Å². The molecule has 2 aromatic carbocycles. The zero-order chi connectivity index (χ0) is 29.8. The summed E-state index contributed by atoms with van der Waals surface area (Å²) in [5.41, 5.74) is 0.993. The smallest absolute Gasteiger partial charge is 0.408 e. The van der Waals surface area contributed by atoms with Gasteiger partial charge >= 0.3 is 18.0 Å². The number of esters is 2. The fraction of sp³-hybridized carbons (Fsp3) is 0.433. The van der Waals surface area contributed by atoms with Crippen molar-refractivity contribution < 1.29 is 33.3 Å². The van der Waals surface area contributed by atoms with E-state index in [1.165, 1.54) is 0 Å². The minimum Gasteiger partial charge on any atom is -0.497 e. The lowest BCUT2D eigenvalue weighted by molar-refractivity contribution is -0.157. The molecule has 0 fully saturated rings. The Morgan fingerprint density at radius 1 is 0.927 bits per heavy atom. The van der Waals surface area contributed by atoms with Gasteiger partial charge in [-0.3, -0.25) is 4.79 Å². The fourth-order valence-electron chi connectivity index (χ4n) is 3.93. The van der Waals surface area contributed by atoms with Crippen molar-refractivity contribution in [2.45, 2.75) is 71.8 Å². The zero-order valence-corrected chi connectivity index (χ0v) is 24.2. The molecule has 1 atom stereocenters. The van der Waals surface area contributed by atoms with E-state index < -0.39 is 29.7 Å². The van der Waals surface area contributed by atoms with Crippen LogP contribution in [0, 0.1) is 0 Å². The van der Waals surface area contributed by atoms with Crippen LogP contribution in [0.25, 0.3) is 0 Å². The van der Waals surface area contributed by atoms with Gasteiger partial charge in [0.2, 0.25) is 0 Å². The number of carbonyl (C=O) groups excluding carboxylic acids is 3. The van der Waals surface area contributed by atoms with Crippen LogP contribution < -0.4 is 10.1 Å². The Bertz CT molecular complexity index is 1280. The van der Waals surface area contributed by atoms with E-state index in [2.05, 4.69) is 15.5 Å². The maximum atomic E-state index is 13.0. The molecule has 0 aliphatic carbocycles. The summed E-state index contributed by atoms with van der Waals surface area (Å²) in [5, 5.41) is 11.2. The summed E-state index contributed by atoms with van der Waals surface area (Å²) in [4.78, 5) is 37.9. The number of hydrogen-bond acceptors (Lipinski definition) is 9. The molecule has 41 heavy (non-hydrogen) atoms. The van der Waals surface area contributed by atoms with Crippen LogP contribution in [0.5, 0.6) is 5.75 Å². The van der Waals surface area contributed by atoms with Gasteiger partial charge in [0, 0.05) is 6.42 Å². The Hall–Kier alpha value is -4.41. The van der Waals surface area contributed by atoms with Crippen LogP contribution in [0.1, 0.15) is 56.9 Å². The Labute approximate surface area is 240 Å². The third-order valence-electron chi connectivity index (χ3n) is 5.86. The van der Waals surface area contributed by atoms with Gasteiger partial charge in [0.25, 0.3) is 0 Å². The second kappa shape index (κ2) is 14.8. The molecule has 0 radical (unpaired) electrons. The molecule has 220 valence electrons. The van der Waals surface area contributed by atoms with E-state index in [0.717, 1.165) is 16.9 Å². The molecular formula is C30H38N4O7. The summed E-state index contributed by atoms with van der Waals surface area (Å²) in [6.07, 6.45) is -0.381. The number of nitrogens with one attached hydrogen (secondary N) is 1. The summed E-state index contributed by atoms with van der Waals surface area (Å²) < 4.78 is 23.1. The van der Waals surface area contributed by atoms with Crippen molar-refractivity contribution in [3.8, 4) is 5.75 Å². The van der Waals surface area contributed by atoms with Crippen molar-refractivity contribution in [3.05, 3.63) is 77.4 Å². The lowest BCUT2D eigenvalue weighted by Gasteiger charge is -2.24. The maximum absolute atomic E-state index is 13.0. The molecule has 1 amide bonds. The predicted molar refractivity (Wildman–Crippen MR) is 150 cm³/mol. The maximum Gasteiger partial charge on any atom is 0.408 e. The summed E-state index contributed by atoms with van der Waals surface area (Å²) in [5.74, 6) is 0.667. The number of aryl methyl sites for hydroxylation is 1. The zero-order valence-electron chi connectivity index (χ0n) is 24.2. The first-order valence-corrected chi connectivity index (χ1v) is 13.5. The second-order valence-electron chi connectivity index (χ2n) is 10.3. The highest BCUT2D eigenvalue weighted by Gasteiger charge is 2.28. The van der Waals surface area contributed by atoms with Gasteiger partial charge in [-0.2, -0.15) is 0 Å². The Morgan fingerprint density at radius 3 is 2.24 bits per heavy atom. The minimum atomic E-state index is -1.00. The highest BCUT2D eigenvalue weighted by molar-refractivity contribution is 5.81. The van der Waals surface area contributed by atoms with Crippen LogP contribution in [0.2, 0.25) is 0 Å². The molecule has 0 aliphatic heterocycles. The summed E-state index contributed by atoms with van der Waals surface area (Å²) in [7, 11) is 1.59. The largest absolute Gasteiger partial charge is 0.497 e. The average Bonchev–Trinajstić information content (AvgIpc) is 3.30. The predicted octanol–water partition coefficient (Wildman–Crippen LogP) is 4.01. The SMILES string of the molecule is CCOC(=O)Cc1nnc(CC[C@H](NC(=O)OCc2ccccc2)C(=O)OC(C)(C)C)n1Cc1ccc(OC)cc1. The van der Waals surface area contributed by atoms with Crippen molar-refractivity contribution in [1.82, 2.24) is 20.1 Å². The van der Waals surface area contributed by atoms with Crippen molar-refractivity contribution in [3.63, 3.8) is 0 Å². The monoisotopic (exact) mass is 566 g/mol. The number of methoxy groups -OCH3 is 1. The number of rotatable bonds is 13. The minimum absolute atomic E-state index is 0.0567. The quantitative estimate of drug-likeness (QED) is 0.241. The molecule has 1 aromatic heterocycles. The summed E-state index contributed by atoms with van der Waals surface area (Å²) in [6.45, 7) is 7.68. The van der Waals surface area contributed by atoms with Gasteiger partial charge in [-0.15, -0.1) is 10.2 Å². The number of amides is 1. The Morgan fingerprint density at radius 2 is 1.61 bits per heavy atom. The van der Waals surface area contributed by atoms with Crippen LogP contribution in [0.4, 0.5) is 4.79 Å². The fourth-order valence-corrected chi connectivity index (χ4v) is 3.93. The van der Waals surface area contributed by atoms with Gasteiger partial charge in [-0.05, 0) is 57.4 Å². The molecule has 0 aliphatic rings. The molecule has 3 aromatic rings. The number of aromatic nitrogens is 3. The molecule has 1 N–H and O–H groups in total. The molecule has 0 unspecified atom stereocenters. The van der Waals surface area contributed by atoms with Crippen LogP contribution in [-0.2, 0) is 49.8 Å². The number of hydrogen-bond donors (Lipinski definition) is 1. The molecule has 11 nitrogen and oxygen atoms in total. The molecular weight excluding hydrogens is 528 g/mol. The van der Waals surface area contributed by atoms with Gasteiger partial charge in [-0.25, -0.2) is 9.59 Å². The molecule has 0 bridgehead atoms. The van der Waals surface area contributed by atoms with Crippen LogP contribution in [0.3, 0.4) is 0 Å². The van der Waals surface area contributed by atoms with Gasteiger partial charge in [0.05, 0.1) is 20.3 Å². The second-order valence-corrected chi connectivity index (χ2v) is 10.3. The number of alkyl carbamates (subject to hydrolysis) is 1. The lowest BCUT2D eigenvalue weighted by Crippen LogP contribution is -2.44. The third kappa shape index (κ3) is 10.3. The van der Waals surface area contributed by atoms with E-state index in [1.807, 2.05) is 59.2 Å². The van der Waals surface area contributed by atoms with Crippen LogP contribution in [0.15, 0.2) is 54.6 Å². The topological polar surface area (TPSA) is 131 Å². The molecule has 11 heteroatoms. The Balaban J connectivity index is 1.78. The molecule has 3 rings (SSSR count). The van der Waals surface area contributed by atoms with Gasteiger partial charge in [0.15, 0.2) is 0 Å². The van der Waals surface area contributed by atoms with Crippen molar-refractivity contribution in [2.75, 3.05) is 13.7 Å². The number of nitrogens with zero attached hydrogens (tertiary/aromatic N) is 3. The van der Waals surface area contributed by atoms with Gasteiger partial charge in [0.1, 0.15) is 42.1 Å². The molecule has 0 saturated heterocycles. The summed E-state index contributed by atoms with van der Waals surface area (Å²) >= 11 is 0. The number of carbonyl (C=O) groups is 3. The number of ether oxygens (including phenoxy) is 4. The standard InChI is InChI=1S/C30H38N4O7/c1-6-39-27(35)18-26-33-32-25(34(26)19-21-12-14-23(38-5)15-13-21)17-16-24(28(36)41-30(2,3)4)31-29(37)40-20-22-10-8-7-9-11-22/h7-15,24H,6,16-20H2,1-5H3,(H,31,37)/t24-/m0/s1. The number of benzene rings is 2. The first-order chi connectivity index (χ1) is 19.6. The van der Waals surface area contributed by atoms with E-state index in [1.54, 1.807) is 34.8 Å². The first-order valence-electron chi connectivity index (χ1n) is 13.5. The molecule has 0 spiro atoms. The van der Waals surface area contributed by atoms with E-state index in [9.17, 15) is 14.4 Å². The normalized spacial score (nSPS) is 11.8. The molecule has 0 saturated carbocycles. The average molecular weight is 567 g/mol. The Kier molecular flexibility index (Phi) is 11.3.